The molecule has 0 saturated heterocycles. The Morgan fingerprint density at radius 2 is 0.987 bits per heavy atom. The van der Waals surface area contributed by atoms with E-state index in [0.717, 1.165) is 36.8 Å². The highest BCUT2D eigenvalue weighted by molar-refractivity contribution is 7.26. The molecular formula is C73H72BN3OS. The van der Waals surface area contributed by atoms with Gasteiger partial charge < -0.3 is 19.1 Å². The van der Waals surface area contributed by atoms with E-state index in [2.05, 4.69) is 230 Å². The molecule has 1 fully saturated rings. The molecule has 79 heavy (non-hydrogen) atoms. The number of furan rings is 1. The van der Waals surface area contributed by atoms with Gasteiger partial charge in [-0.2, -0.15) is 0 Å². The Hall–Kier alpha value is -6.76. The van der Waals surface area contributed by atoms with Crippen LogP contribution in [0, 0.1) is 6.92 Å². The molecule has 2 atom stereocenters. The fourth-order valence-electron chi connectivity index (χ4n) is 16.9. The van der Waals surface area contributed by atoms with Crippen molar-refractivity contribution >= 4 is 122 Å². The van der Waals surface area contributed by atoms with Gasteiger partial charge in [0.15, 0.2) is 0 Å². The third kappa shape index (κ3) is 6.33. The van der Waals surface area contributed by atoms with Crippen LogP contribution in [0.5, 0.6) is 0 Å². The third-order valence-electron chi connectivity index (χ3n) is 21.8. The molecule has 6 aliphatic rings. The van der Waals surface area contributed by atoms with Crippen molar-refractivity contribution in [2.45, 2.75) is 160 Å². The van der Waals surface area contributed by atoms with Crippen LogP contribution < -0.4 is 31.1 Å². The monoisotopic (exact) mass is 1050 g/mol. The molecule has 4 nitrogen and oxygen atoms in total. The van der Waals surface area contributed by atoms with Crippen molar-refractivity contribution in [3.05, 3.63) is 173 Å². The zero-order valence-corrected chi connectivity index (χ0v) is 49.0. The van der Waals surface area contributed by atoms with Crippen LogP contribution in [0.4, 0.5) is 45.5 Å². The molecule has 2 aromatic heterocycles. The highest BCUT2D eigenvalue weighted by Gasteiger charge is 2.58. The van der Waals surface area contributed by atoms with Crippen molar-refractivity contribution in [3.63, 3.8) is 0 Å². The molecule has 3 aliphatic carbocycles. The van der Waals surface area contributed by atoms with E-state index < -0.39 is 0 Å². The smallest absolute Gasteiger partial charge is 0.252 e. The lowest BCUT2D eigenvalue weighted by Gasteiger charge is -2.51. The summed E-state index contributed by atoms with van der Waals surface area (Å²) in [7, 11) is 0. The topological polar surface area (TPSA) is 22.9 Å². The fourth-order valence-corrected chi connectivity index (χ4v) is 18.1. The lowest BCUT2D eigenvalue weighted by atomic mass is 9.33. The van der Waals surface area contributed by atoms with Crippen LogP contribution in [-0.4, -0.2) is 12.3 Å². The van der Waals surface area contributed by atoms with Crippen LogP contribution in [-0.2, 0) is 27.1 Å². The fraction of sp³-hybridized carbons (Fsp3) is 0.342. The van der Waals surface area contributed by atoms with Crippen LogP contribution in [0.15, 0.2) is 144 Å². The Kier molecular flexibility index (Phi) is 9.62. The molecule has 6 heteroatoms. The van der Waals surface area contributed by atoms with Crippen LogP contribution in [0.2, 0.25) is 0 Å². The Morgan fingerprint density at radius 1 is 0.430 bits per heavy atom. The number of fused-ring (bicyclic) bond motifs is 15. The first-order valence-electron chi connectivity index (χ1n) is 29.7. The highest BCUT2D eigenvalue weighted by Crippen LogP contribution is 2.63. The first kappa shape index (κ1) is 48.2. The number of hydrogen-bond donors (Lipinski definition) is 0. The largest absolute Gasteiger partial charge is 0.456 e. The van der Waals surface area contributed by atoms with Gasteiger partial charge in [0, 0.05) is 77.5 Å². The van der Waals surface area contributed by atoms with E-state index in [9.17, 15) is 0 Å². The van der Waals surface area contributed by atoms with Gasteiger partial charge in [-0.25, -0.2) is 0 Å². The zero-order chi connectivity index (χ0) is 54.1. The number of para-hydroxylation sites is 2. The Labute approximate surface area is 471 Å². The summed E-state index contributed by atoms with van der Waals surface area (Å²) in [5, 5.41) is 4.99. The molecule has 0 amide bonds. The van der Waals surface area contributed by atoms with Crippen molar-refractivity contribution in [2.75, 3.05) is 14.7 Å². The molecule has 0 N–H and O–H groups in total. The van der Waals surface area contributed by atoms with Gasteiger partial charge in [0.1, 0.15) is 11.2 Å². The number of aryl methyl sites for hydroxylation is 1. The van der Waals surface area contributed by atoms with E-state index in [1.165, 1.54) is 152 Å². The average Bonchev–Trinajstić information content (AvgIpc) is 4.05. The van der Waals surface area contributed by atoms with E-state index >= 15 is 0 Å². The summed E-state index contributed by atoms with van der Waals surface area (Å²) in [5.41, 5.74) is 24.8. The second kappa shape index (κ2) is 15.8. The van der Waals surface area contributed by atoms with Crippen LogP contribution in [0.25, 0.3) is 42.1 Å². The quantitative estimate of drug-likeness (QED) is 0.165. The molecule has 394 valence electrons. The number of hydrogen-bond acceptors (Lipinski definition) is 5. The summed E-state index contributed by atoms with van der Waals surface area (Å²) in [6.45, 7) is 27.4. The third-order valence-corrected chi connectivity index (χ3v) is 23.0. The number of thiophene rings is 1. The second-order valence-corrected chi connectivity index (χ2v) is 29.2. The van der Waals surface area contributed by atoms with Crippen molar-refractivity contribution in [2.24, 2.45) is 0 Å². The van der Waals surface area contributed by atoms with Crippen LogP contribution in [0.3, 0.4) is 0 Å². The molecule has 1 saturated carbocycles. The molecule has 5 heterocycles. The van der Waals surface area contributed by atoms with Crippen LogP contribution in [0.1, 0.15) is 154 Å². The maximum absolute atomic E-state index is 7.00. The molecule has 2 unspecified atom stereocenters. The number of anilines is 8. The van der Waals surface area contributed by atoms with Gasteiger partial charge >= 0.3 is 0 Å². The molecular weight excluding hydrogens is 978 g/mol. The first-order valence-corrected chi connectivity index (χ1v) is 30.5. The van der Waals surface area contributed by atoms with E-state index in [4.69, 9.17) is 4.42 Å². The summed E-state index contributed by atoms with van der Waals surface area (Å²) in [6.07, 6.45) is 9.39. The maximum Gasteiger partial charge on any atom is 0.252 e. The number of rotatable bonds is 3. The molecule has 8 aromatic carbocycles. The Balaban J connectivity index is 1.09. The normalized spacial score (nSPS) is 22.6. The van der Waals surface area contributed by atoms with E-state index in [1.54, 1.807) is 0 Å². The van der Waals surface area contributed by atoms with Gasteiger partial charge in [0.05, 0.1) is 15.9 Å². The van der Waals surface area contributed by atoms with Gasteiger partial charge in [0.2, 0.25) is 0 Å². The Bertz CT molecular complexity index is 4320. The van der Waals surface area contributed by atoms with Crippen molar-refractivity contribution < 1.29 is 4.42 Å². The van der Waals surface area contributed by atoms with Gasteiger partial charge in [-0.1, -0.05) is 160 Å². The minimum absolute atomic E-state index is 0.00276. The van der Waals surface area contributed by atoms with Gasteiger partial charge in [-0.15, -0.1) is 11.3 Å². The van der Waals surface area contributed by atoms with E-state index in [-0.39, 0.29) is 39.3 Å². The first-order chi connectivity index (χ1) is 37.8. The molecule has 0 spiro atoms. The molecule has 0 radical (unpaired) electrons. The standard InChI is InChI=1S/C73H72BN3OS/c1-43-35-50-52(70(6,7)33-31-68(50,2)3)40-58(43)76-60-42-64-48(45-21-12-16-27-63(45)78-64)38-54(60)74-55-39-51-53(71(8,9)34-32-69(51,4)5)41-59(55)75(57-26-20-23-47-46-22-13-17-28-65(46)79-67(47)57)61-36-44(37-62(76)66(61)74)77-56-25-15-14-24-49(56)72(10)29-18-19-30-73(72,77)11/h12-17,20-28,35-42H,18-19,29-34H2,1-11H3. The van der Waals surface area contributed by atoms with Crippen molar-refractivity contribution in [1.82, 2.24) is 0 Å². The summed E-state index contributed by atoms with van der Waals surface area (Å²) >= 11 is 1.95. The molecule has 0 bridgehead atoms. The lowest BCUT2D eigenvalue weighted by molar-refractivity contribution is 0.195. The number of nitrogens with zero attached hydrogens (tertiary/aromatic N) is 3. The van der Waals surface area contributed by atoms with E-state index in [1.807, 2.05) is 11.3 Å². The average molecular weight is 1050 g/mol. The van der Waals surface area contributed by atoms with E-state index in [0.29, 0.717) is 0 Å². The second-order valence-electron chi connectivity index (χ2n) is 28.1. The zero-order valence-electron chi connectivity index (χ0n) is 48.2. The van der Waals surface area contributed by atoms with Crippen LogP contribution >= 0.6 is 11.3 Å². The molecule has 16 rings (SSSR count). The maximum atomic E-state index is 7.00. The number of benzene rings is 8. The van der Waals surface area contributed by atoms with Crippen molar-refractivity contribution in [3.8, 4) is 0 Å². The van der Waals surface area contributed by atoms with Gasteiger partial charge in [-0.3, -0.25) is 0 Å². The minimum atomic E-state index is -0.151. The predicted octanol–water partition coefficient (Wildman–Crippen LogP) is 18.8. The summed E-state index contributed by atoms with van der Waals surface area (Å²) in [6, 6.07) is 55.3. The molecule has 3 aliphatic heterocycles. The summed E-state index contributed by atoms with van der Waals surface area (Å²) in [5.74, 6) is 0. The predicted molar refractivity (Wildman–Crippen MR) is 339 cm³/mol. The SMILES string of the molecule is Cc1cc2c(cc1N1c3cc4oc5ccccc5c4cc3B3c4cc5c(cc4N(c4cccc6c4sc4ccccc46)c4cc(N6c7ccccc7C7(C)CCCCC67C)cc1c43)C(C)(C)CCC5(C)C)C(C)(C)CCC2(C)C. The van der Waals surface area contributed by atoms with Crippen molar-refractivity contribution in [1.29, 1.82) is 0 Å². The van der Waals surface area contributed by atoms with Gasteiger partial charge in [-0.05, 0) is 172 Å². The lowest BCUT2D eigenvalue weighted by Crippen LogP contribution is -2.62. The summed E-state index contributed by atoms with van der Waals surface area (Å²) in [4.78, 5) is 8.34. The molecule has 10 aromatic rings. The Morgan fingerprint density at radius 3 is 1.72 bits per heavy atom. The van der Waals surface area contributed by atoms with Gasteiger partial charge in [0.25, 0.3) is 6.71 Å². The minimum Gasteiger partial charge on any atom is -0.456 e. The highest BCUT2D eigenvalue weighted by atomic mass is 32.1. The summed E-state index contributed by atoms with van der Waals surface area (Å²) < 4.78 is 9.66.